The highest BCUT2D eigenvalue weighted by molar-refractivity contribution is 8.04. The van der Waals surface area contributed by atoms with Gasteiger partial charge in [0.25, 0.3) is 11.8 Å². The van der Waals surface area contributed by atoms with E-state index in [0.29, 0.717) is 26.8 Å². The molecule has 1 heterocycles. The zero-order chi connectivity index (χ0) is 20.5. The second-order valence-electron chi connectivity index (χ2n) is 6.84. The van der Waals surface area contributed by atoms with Crippen molar-refractivity contribution in [3.8, 4) is 0 Å². The third-order valence-electron chi connectivity index (χ3n) is 4.89. The fourth-order valence-corrected chi connectivity index (χ4v) is 4.32. The number of aryl methyl sites for hydroxylation is 2. The van der Waals surface area contributed by atoms with E-state index in [-0.39, 0.29) is 11.8 Å². The van der Waals surface area contributed by atoms with Crippen LogP contribution in [0.15, 0.2) is 82.6 Å². The van der Waals surface area contributed by atoms with Crippen molar-refractivity contribution < 1.29 is 9.59 Å². The van der Waals surface area contributed by atoms with Gasteiger partial charge in [-0.3, -0.25) is 9.59 Å². The summed E-state index contributed by atoms with van der Waals surface area (Å²) in [5, 5.41) is 0.578. The summed E-state index contributed by atoms with van der Waals surface area (Å²) in [6.07, 6.45) is 0. The molecule has 3 nitrogen and oxygen atoms in total. The summed E-state index contributed by atoms with van der Waals surface area (Å²) in [7, 11) is 0. The van der Waals surface area contributed by atoms with Crippen LogP contribution in [-0.2, 0) is 9.59 Å². The average molecular weight is 420 g/mol. The molecule has 5 heteroatoms. The predicted molar refractivity (Wildman–Crippen MR) is 119 cm³/mol. The van der Waals surface area contributed by atoms with E-state index in [4.69, 9.17) is 11.6 Å². The van der Waals surface area contributed by atoms with E-state index in [1.54, 1.807) is 24.3 Å². The Balaban J connectivity index is 1.83. The van der Waals surface area contributed by atoms with E-state index in [1.165, 1.54) is 16.7 Å². The Bertz CT molecular complexity index is 1140. The van der Waals surface area contributed by atoms with E-state index in [0.717, 1.165) is 16.0 Å². The van der Waals surface area contributed by atoms with E-state index in [2.05, 4.69) is 0 Å². The molecule has 0 atom stereocenters. The fraction of sp³-hybridized carbons (Fsp3) is 0.0833. The number of benzene rings is 3. The first-order chi connectivity index (χ1) is 14.0. The van der Waals surface area contributed by atoms with Gasteiger partial charge in [-0.25, -0.2) is 4.90 Å². The average Bonchev–Trinajstić information content (AvgIpc) is 2.95. The third kappa shape index (κ3) is 3.74. The van der Waals surface area contributed by atoms with Crippen LogP contribution in [-0.4, -0.2) is 11.8 Å². The second kappa shape index (κ2) is 7.90. The molecule has 0 saturated heterocycles. The quantitative estimate of drug-likeness (QED) is 0.484. The molecule has 4 rings (SSSR count). The van der Waals surface area contributed by atoms with Crippen molar-refractivity contribution in [1.29, 1.82) is 0 Å². The maximum atomic E-state index is 13.4. The van der Waals surface area contributed by atoms with Gasteiger partial charge in [0.15, 0.2) is 0 Å². The van der Waals surface area contributed by atoms with E-state index < -0.39 is 0 Å². The molecule has 3 aromatic rings. The lowest BCUT2D eigenvalue weighted by molar-refractivity contribution is -0.119. The maximum absolute atomic E-state index is 13.4. The molecule has 1 aliphatic rings. The summed E-state index contributed by atoms with van der Waals surface area (Å²) in [4.78, 5) is 29.4. The van der Waals surface area contributed by atoms with Crippen molar-refractivity contribution >= 4 is 46.4 Å². The summed E-state index contributed by atoms with van der Waals surface area (Å²) in [6.45, 7) is 3.97. The summed E-state index contributed by atoms with van der Waals surface area (Å²) < 4.78 is 0. The van der Waals surface area contributed by atoms with E-state index in [1.807, 2.05) is 62.4 Å². The number of thioether (sulfide) groups is 1. The molecule has 0 bridgehead atoms. The first-order valence-corrected chi connectivity index (χ1v) is 10.3. The van der Waals surface area contributed by atoms with Crippen LogP contribution in [0.2, 0.25) is 5.02 Å². The van der Waals surface area contributed by atoms with Crippen LogP contribution in [0.25, 0.3) is 5.57 Å². The molecular formula is C24H18ClNO2S. The van der Waals surface area contributed by atoms with Crippen molar-refractivity contribution in [2.45, 2.75) is 18.7 Å². The summed E-state index contributed by atoms with van der Waals surface area (Å²) in [5.41, 5.74) is 3.80. The van der Waals surface area contributed by atoms with Crippen LogP contribution in [0, 0.1) is 13.8 Å². The van der Waals surface area contributed by atoms with Gasteiger partial charge in [-0.15, -0.1) is 0 Å². The van der Waals surface area contributed by atoms with Gasteiger partial charge in [0.1, 0.15) is 0 Å². The van der Waals surface area contributed by atoms with Crippen LogP contribution in [0.4, 0.5) is 5.69 Å². The molecule has 0 aromatic heterocycles. The van der Waals surface area contributed by atoms with Crippen molar-refractivity contribution in [3.63, 3.8) is 0 Å². The molecular weight excluding hydrogens is 402 g/mol. The number of hydrogen-bond acceptors (Lipinski definition) is 3. The normalized spacial score (nSPS) is 14.1. The van der Waals surface area contributed by atoms with Gasteiger partial charge in [-0.05, 0) is 66.9 Å². The Kier molecular flexibility index (Phi) is 5.31. The van der Waals surface area contributed by atoms with E-state index >= 15 is 0 Å². The Labute approximate surface area is 179 Å². The van der Waals surface area contributed by atoms with Crippen molar-refractivity contribution in [2.75, 3.05) is 4.90 Å². The molecule has 0 unspecified atom stereocenters. The van der Waals surface area contributed by atoms with Crippen LogP contribution in [0.3, 0.4) is 0 Å². The third-order valence-corrected chi connectivity index (χ3v) is 6.23. The Morgan fingerprint density at radius 2 is 1.48 bits per heavy atom. The van der Waals surface area contributed by atoms with Crippen molar-refractivity contribution in [2.24, 2.45) is 0 Å². The monoisotopic (exact) mass is 419 g/mol. The van der Waals surface area contributed by atoms with Crippen molar-refractivity contribution in [1.82, 2.24) is 0 Å². The molecule has 1 aliphatic heterocycles. The number of imide groups is 1. The lowest BCUT2D eigenvalue weighted by atomic mass is 10.1. The molecule has 0 N–H and O–H groups in total. The minimum absolute atomic E-state index is 0.308. The lowest BCUT2D eigenvalue weighted by Gasteiger charge is -2.16. The molecule has 0 radical (unpaired) electrons. The zero-order valence-corrected chi connectivity index (χ0v) is 17.6. The van der Waals surface area contributed by atoms with Crippen LogP contribution >= 0.6 is 23.4 Å². The first kappa shape index (κ1) is 19.5. The van der Waals surface area contributed by atoms with Gasteiger partial charge < -0.3 is 0 Å². The molecule has 3 aromatic carbocycles. The lowest BCUT2D eigenvalue weighted by Crippen LogP contribution is -2.31. The number of halogens is 1. The van der Waals surface area contributed by atoms with Gasteiger partial charge in [0.2, 0.25) is 0 Å². The van der Waals surface area contributed by atoms with Gasteiger partial charge >= 0.3 is 0 Å². The predicted octanol–water partition coefficient (Wildman–Crippen LogP) is 6.03. The number of hydrogen-bond donors (Lipinski definition) is 0. The van der Waals surface area contributed by atoms with Crippen LogP contribution < -0.4 is 4.90 Å². The minimum atomic E-state index is -0.320. The second-order valence-corrected chi connectivity index (χ2v) is 8.36. The summed E-state index contributed by atoms with van der Waals surface area (Å²) >= 11 is 7.33. The number of carbonyl (C=O) groups is 2. The number of anilines is 1. The topological polar surface area (TPSA) is 37.4 Å². The number of amides is 2. The number of carbonyl (C=O) groups excluding carboxylic acids is 2. The van der Waals surface area contributed by atoms with E-state index in [9.17, 15) is 9.59 Å². The van der Waals surface area contributed by atoms with Gasteiger partial charge in [0.05, 0.1) is 16.2 Å². The number of nitrogens with zero attached hydrogens (tertiary/aromatic N) is 1. The largest absolute Gasteiger partial charge is 0.272 e. The highest BCUT2D eigenvalue weighted by Crippen LogP contribution is 2.41. The molecule has 0 aliphatic carbocycles. The Morgan fingerprint density at radius 3 is 2.14 bits per heavy atom. The summed E-state index contributed by atoms with van der Waals surface area (Å²) in [6, 6.07) is 22.2. The fourth-order valence-electron chi connectivity index (χ4n) is 3.18. The zero-order valence-electron chi connectivity index (χ0n) is 16.0. The first-order valence-electron chi connectivity index (χ1n) is 9.15. The summed E-state index contributed by atoms with van der Waals surface area (Å²) in [5.74, 6) is -0.629. The SMILES string of the molecule is Cc1ccc(N2C(=O)C(Sc3ccccc3)=C(c3ccc(Cl)cc3)C2=O)cc1C. The van der Waals surface area contributed by atoms with Gasteiger partial charge in [0, 0.05) is 9.92 Å². The van der Waals surface area contributed by atoms with Crippen LogP contribution in [0.1, 0.15) is 16.7 Å². The minimum Gasteiger partial charge on any atom is -0.268 e. The smallest absolute Gasteiger partial charge is 0.268 e. The highest BCUT2D eigenvalue weighted by atomic mass is 35.5. The standard InChI is InChI=1S/C24H18ClNO2S/c1-15-8-13-19(14-16(15)2)26-23(27)21(17-9-11-18(25)12-10-17)22(24(26)28)29-20-6-4-3-5-7-20/h3-14H,1-2H3. The molecule has 2 amide bonds. The molecule has 0 fully saturated rings. The number of rotatable bonds is 4. The molecule has 0 spiro atoms. The van der Waals surface area contributed by atoms with Crippen molar-refractivity contribution in [3.05, 3.63) is 99.4 Å². The van der Waals surface area contributed by atoms with Crippen LogP contribution in [0.5, 0.6) is 0 Å². The Morgan fingerprint density at radius 1 is 0.793 bits per heavy atom. The Hall–Kier alpha value is -2.82. The van der Waals surface area contributed by atoms with Gasteiger partial charge in [-0.2, -0.15) is 0 Å². The maximum Gasteiger partial charge on any atom is 0.272 e. The highest BCUT2D eigenvalue weighted by Gasteiger charge is 2.40. The molecule has 29 heavy (non-hydrogen) atoms. The van der Waals surface area contributed by atoms with Gasteiger partial charge in [-0.1, -0.05) is 59.8 Å². The molecule has 0 saturated carbocycles. The molecule has 144 valence electrons.